The largest absolute Gasteiger partial charge is 0.454 e. The molecule has 0 atom stereocenters. The smallest absolute Gasteiger partial charge is 0.159 e. The second-order valence-electron chi connectivity index (χ2n) is 12.1. The molecule has 0 radical (unpaired) electrons. The minimum Gasteiger partial charge on any atom is -0.454 e. The number of furan rings is 2. The maximum atomic E-state index is 6.83. The summed E-state index contributed by atoms with van der Waals surface area (Å²) in [6, 6.07) is 51.5. The molecule has 48 heavy (non-hydrogen) atoms. The van der Waals surface area contributed by atoms with Gasteiger partial charge in [0.15, 0.2) is 11.2 Å². The fourth-order valence-electron chi connectivity index (χ4n) is 7.34. The van der Waals surface area contributed by atoms with Gasteiger partial charge in [0.2, 0.25) is 0 Å². The van der Waals surface area contributed by atoms with Crippen molar-refractivity contribution in [2.75, 3.05) is 9.80 Å². The first-order chi connectivity index (χ1) is 23.8. The molecule has 9 aromatic rings. The lowest BCUT2D eigenvalue weighted by molar-refractivity contribution is 0.664. The van der Waals surface area contributed by atoms with Crippen molar-refractivity contribution >= 4 is 102 Å². The molecule has 2 aliphatic rings. The van der Waals surface area contributed by atoms with Crippen molar-refractivity contribution in [3.63, 3.8) is 0 Å². The van der Waals surface area contributed by atoms with E-state index in [1.54, 1.807) is 0 Å². The van der Waals surface area contributed by atoms with Gasteiger partial charge < -0.3 is 18.6 Å². The van der Waals surface area contributed by atoms with E-state index in [2.05, 4.69) is 155 Å². The van der Waals surface area contributed by atoms with E-state index in [9.17, 15) is 0 Å². The van der Waals surface area contributed by atoms with Gasteiger partial charge in [0.1, 0.15) is 11.2 Å². The zero-order valence-electron chi connectivity index (χ0n) is 25.4. The van der Waals surface area contributed by atoms with Gasteiger partial charge >= 0.3 is 0 Å². The Labute approximate surface area is 284 Å². The predicted molar refractivity (Wildman–Crippen MR) is 199 cm³/mol. The quantitative estimate of drug-likeness (QED) is 0.185. The number of fused-ring (bicyclic) bond motifs is 10. The van der Waals surface area contributed by atoms with Crippen molar-refractivity contribution in [2.45, 2.75) is 19.6 Å². The zero-order valence-corrected chi connectivity index (χ0v) is 27.0. The number of benzene rings is 7. The van der Waals surface area contributed by atoms with Crippen molar-refractivity contribution in [1.29, 1.82) is 0 Å². The summed E-state index contributed by atoms with van der Waals surface area (Å²) in [4.78, 5) is 9.57. The molecule has 0 saturated heterocycles. The molecule has 4 nitrogen and oxygen atoms in total. The van der Waals surface area contributed by atoms with E-state index in [0.717, 1.165) is 78.0 Å². The summed E-state index contributed by atoms with van der Waals surface area (Å²) in [5.41, 5.74) is 10.1. The highest BCUT2D eigenvalue weighted by Crippen LogP contribution is 2.55. The third kappa shape index (κ3) is 3.70. The monoisotopic (exact) mass is 652 g/mol. The molecule has 0 amide bonds. The third-order valence-corrected chi connectivity index (χ3v) is 11.7. The summed E-state index contributed by atoms with van der Waals surface area (Å²) in [5, 5.41) is 4.21. The van der Waals surface area contributed by atoms with Crippen molar-refractivity contribution in [3.8, 4) is 0 Å². The van der Waals surface area contributed by atoms with E-state index < -0.39 is 0 Å². The molecule has 226 valence electrons. The average molecular weight is 653 g/mol. The molecule has 0 aliphatic carbocycles. The van der Waals surface area contributed by atoms with Gasteiger partial charge in [-0.15, -0.1) is 0 Å². The minimum absolute atomic E-state index is 0.844. The molecule has 11 rings (SSSR count). The number of anilines is 6. The van der Waals surface area contributed by atoms with Gasteiger partial charge in [0.25, 0.3) is 0 Å². The first-order valence-corrected chi connectivity index (χ1v) is 17.6. The summed E-state index contributed by atoms with van der Waals surface area (Å²) in [6.45, 7) is 0. The van der Waals surface area contributed by atoms with Crippen LogP contribution in [0.4, 0.5) is 34.1 Å². The lowest BCUT2D eigenvalue weighted by Crippen LogP contribution is -2.14. The van der Waals surface area contributed by atoms with Crippen molar-refractivity contribution in [2.24, 2.45) is 0 Å². The Morgan fingerprint density at radius 3 is 1.04 bits per heavy atom. The average Bonchev–Trinajstić information content (AvgIpc) is 3.69. The molecular weight excluding hydrogens is 629 g/mol. The Morgan fingerprint density at radius 2 is 0.667 bits per heavy atom. The summed E-state index contributed by atoms with van der Waals surface area (Å²) in [6.07, 6.45) is 0. The summed E-state index contributed by atoms with van der Waals surface area (Å²) < 4.78 is 13.7. The maximum absolute atomic E-state index is 6.83. The van der Waals surface area contributed by atoms with Crippen LogP contribution in [0.3, 0.4) is 0 Å². The Hall–Kier alpha value is -5.56. The lowest BCUT2D eigenvalue weighted by Gasteiger charge is -2.32. The topological polar surface area (TPSA) is 32.8 Å². The molecule has 0 fully saturated rings. The molecule has 6 heteroatoms. The lowest BCUT2D eigenvalue weighted by atomic mass is 10.1. The number of rotatable bonds is 2. The second kappa shape index (κ2) is 9.97. The summed E-state index contributed by atoms with van der Waals surface area (Å²) in [5.74, 6) is 0. The zero-order chi connectivity index (χ0) is 31.3. The third-order valence-electron chi connectivity index (χ3n) is 9.42. The van der Waals surface area contributed by atoms with Gasteiger partial charge in [-0.05, 0) is 72.8 Å². The highest BCUT2D eigenvalue weighted by atomic mass is 32.2. The summed E-state index contributed by atoms with van der Waals surface area (Å²) >= 11 is 3.62. The van der Waals surface area contributed by atoms with E-state index in [-0.39, 0.29) is 0 Å². The number of hydrogen-bond acceptors (Lipinski definition) is 6. The molecule has 4 heterocycles. The van der Waals surface area contributed by atoms with Crippen LogP contribution in [0.15, 0.2) is 174 Å². The highest BCUT2D eigenvalue weighted by Gasteiger charge is 2.29. The van der Waals surface area contributed by atoms with Crippen LogP contribution in [0.25, 0.3) is 43.9 Å². The van der Waals surface area contributed by atoms with E-state index in [1.807, 2.05) is 23.5 Å². The molecule has 2 aromatic heterocycles. The predicted octanol–water partition coefficient (Wildman–Crippen LogP) is 13.4. The fraction of sp³-hybridized carbons (Fsp3) is 0. The van der Waals surface area contributed by atoms with Gasteiger partial charge in [-0.1, -0.05) is 96.3 Å². The Balaban J connectivity index is 1.12. The number of para-hydroxylation sites is 6. The van der Waals surface area contributed by atoms with E-state index in [1.165, 1.54) is 19.6 Å². The van der Waals surface area contributed by atoms with E-state index in [0.29, 0.717) is 0 Å². The first-order valence-electron chi connectivity index (χ1n) is 15.9. The summed E-state index contributed by atoms with van der Waals surface area (Å²) in [7, 11) is 0. The second-order valence-corrected chi connectivity index (χ2v) is 14.3. The Kier molecular flexibility index (Phi) is 5.51. The van der Waals surface area contributed by atoms with Gasteiger partial charge in [-0.3, -0.25) is 0 Å². The minimum atomic E-state index is 0.844. The van der Waals surface area contributed by atoms with Crippen LogP contribution in [-0.2, 0) is 0 Å². The Morgan fingerprint density at radius 1 is 0.333 bits per heavy atom. The first kappa shape index (κ1) is 26.5. The van der Waals surface area contributed by atoms with Crippen LogP contribution in [0.5, 0.6) is 0 Å². The van der Waals surface area contributed by atoms with Gasteiger partial charge in [-0.25, -0.2) is 0 Å². The van der Waals surface area contributed by atoms with Crippen LogP contribution in [0, 0.1) is 0 Å². The van der Waals surface area contributed by atoms with Crippen molar-refractivity contribution in [1.82, 2.24) is 0 Å². The molecule has 7 aromatic carbocycles. The van der Waals surface area contributed by atoms with Crippen LogP contribution < -0.4 is 9.80 Å². The van der Waals surface area contributed by atoms with Gasteiger partial charge in [0, 0.05) is 41.1 Å². The maximum Gasteiger partial charge on any atom is 0.159 e. The van der Waals surface area contributed by atoms with E-state index >= 15 is 0 Å². The molecular formula is C42H24N2O2S2. The Bertz CT molecular complexity index is 2500. The van der Waals surface area contributed by atoms with Crippen LogP contribution in [0.1, 0.15) is 0 Å². The van der Waals surface area contributed by atoms with Crippen molar-refractivity contribution < 1.29 is 8.83 Å². The van der Waals surface area contributed by atoms with E-state index in [4.69, 9.17) is 8.83 Å². The molecule has 0 saturated carbocycles. The SMILES string of the molecule is c1ccc2c(c1)Sc1ccccc1N2c1cccc2c1oc1cc3c(cc12)oc1c(N2c4ccccc4Sc4ccccc42)cccc13. The number of nitrogens with zero attached hydrogens (tertiary/aromatic N) is 2. The fourth-order valence-corrected chi connectivity index (χ4v) is 9.45. The van der Waals surface area contributed by atoms with Crippen LogP contribution in [-0.4, -0.2) is 0 Å². The van der Waals surface area contributed by atoms with Gasteiger partial charge in [0.05, 0.1) is 34.1 Å². The van der Waals surface area contributed by atoms with Crippen LogP contribution in [0.2, 0.25) is 0 Å². The number of hydrogen-bond donors (Lipinski definition) is 0. The van der Waals surface area contributed by atoms with Gasteiger partial charge in [-0.2, -0.15) is 0 Å². The molecule has 0 N–H and O–H groups in total. The highest BCUT2D eigenvalue weighted by molar-refractivity contribution is 8.00. The standard InChI is InChI=1S/C42H24N2O2S2/c1-5-19-37-29(13-1)43(30-14-2-6-20-38(30)47-37)33-17-9-11-25-27-23-36-28(24-35(27)45-41(25)33)26-12-10-18-34(42(26)46-36)44-31-15-3-7-21-39(31)48-40-22-8-4-16-32(40)44/h1-24H. The van der Waals surface area contributed by atoms with Crippen molar-refractivity contribution in [3.05, 3.63) is 146 Å². The molecule has 2 aliphatic heterocycles. The molecule has 0 unspecified atom stereocenters. The normalized spacial score (nSPS) is 13.6. The van der Waals surface area contributed by atoms with Crippen LogP contribution >= 0.6 is 23.5 Å². The molecule has 0 bridgehead atoms. The molecule has 0 spiro atoms.